The molecule has 1 saturated carbocycles. The van der Waals surface area contributed by atoms with E-state index < -0.39 is 8.07 Å². The van der Waals surface area contributed by atoms with Crippen molar-refractivity contribution in [1.82, 2.24) is 19.3 Å². The minimum atomic E-state index is -1.53. The van der Waals surface area contributed by atoms with Crippen molar-refractivity contribution < 1.29 is 9.21 Å². The second-order valence-electron chi connectivity index (χ2n) is 7.71. The molecule has 140 valence electrons. The Balaban J connectivity index is 1.61. The molecule has 0 bridgehead atoms. The number of carbonyl (C=O) groups excluding carboxylic acids is 1. The highest BCUT2D eigenvalue weighted by Gasteiger charge is 2.31. The quantitative estimate of drug-likeness (QED) is 0.516. The fourth-order valence-electron chi connectivity index (χ4n) is 2.62. The fraction of sp³-hybridized carbons (Fsp3) is 0.333. The molecule has 7 nitrogen and oxygen atoms in total. The van der Waals surface area contributed by atoms with Crippen LogP contribution in [0, 0.1) is 0 Å². The van der Waals surface area contributed by atoms with Gasteiger partial charge in [0.2, 0.25) is 0 Å². The smallest absolute Gasteiger partial charge is 0.333 e. The topological polar surface area (TPSA) is 84.2 Å². The lowest BCUT2D eigenvalue weighted by molar-refractivity contribution is 0.238. The van der Waals surface area contributed by atoms with Gasteiger partial charge in [-0.3, -0.25) is 14.6 Å². The second-order valence-corrected chi connectivity index (χ2v) is 13.1. The molecule has 2 amide bonds. The van der Waals surface area contributed by atoms with Crippen molar-refractivity contribution in [2.75, 3.05) is 5.32 Å². The molecular formula is C18H21N5O2SSi. The van der Waals surface area contributed by atoms with Crippen molar-refractivity contribution in [2.45, 2.75) is 38.5 Å². The normalized spacial score (nSPS) is 14.4. The molecule has 3 aromatic rings. The lowest BCUT2D eigenvalue weighted by Crippen LogP contribution is -2.36. The zero-order chi connectivity index (χ0) is 19.2. The van der Waals surface area contributed by atoms with E-state index in [1.165, 1.54) is 4.31 Å². The molecule has 1 aliphatic rings. The van der Waals surface area contributed by atoms with Crippen LogP contribution < -0.4 is 10.7 Å². The van der Waals surface area contributed by atoms with Gasteiger partial charge in [0.1, 0.15) is 25.1 Å². The third-order valence-corrected chi connectivity index (χ3v) is 6.60. The Hall–Kier alpha value is -2.39. The molecule has 9 heteroatoms. The van der Waals surface area contributed by atoms with Gasteiger partial charge >= 0.3 is 6.03 Å². The summed E-state index contributed by atoms with van der Waals surface area (Å²) in [6.07, 6.45) is 3.65. The largest absolute Gasteiger partial charge is 0.465 e. The van der Waals surface area contributed by atoms with Crippen molar-refractivity contribution in [2.24, 2.45) is 0 Å². The number of hydrogen-bond donors (Lipinski definition) is 2. The Morgan fingerprint density at radius 2 is 2.00 bits per heavy atom. The van der Waals surface area contributed by atoms with Crippen LogP contribution in [0.1, 0.15) is 12.8 Å². The number of pyridine rings is 1. The summed E-state index contributed by atoms with van der Waals surface area (Å²) >= 11 is 4.23. The zero-order valence-corrected chi connectivity index (χ0v) is 17.3. The van der Waals surface area contributed by atoms with Gasteiger partial charge in [-0.2, -0.15) is 0 Å². The predicted molar refractivity (Wildman–Crippen MR) is 111 cm³/mol. The molecule has 0 unspecified atom stereocenters. The molecule has 1 N–H and O–H groups in total. The highest BCUT2D eigenvalue weighted by Crippen LogP contribution is 2.28. The van der Waals surface area contributed by atoms with Crippen LogP contribution in [0.3, 0.4) is 0 Å². The number of hydrogen-bond acceptors (Lipinski definition) is 6. The van der Waals surface area contributed by atoms with E-state index in [2.05, 4.69) is 52.7 Å². The van der Waals surface area contributed by atoms with Gasteiger partial charge in [0.05, 0.1) is 11.6 Å². The second kappa shape index (κ2) is 6.65. The van der Waals surface area contributed by atoms with Crippen LogP contribution in [-0.2, 0) is 0 Å². The number of furan rings is 1. The average molecular weight is 400 g/mol. The minimum absolute atomic E-state index is 0.208. The summed E-state index contributed by atoms with van der Waals surface area (Å²) < 4.78 is 7.40. The van der Waals surface area contributed by atoms with E-state index in [9.17, 15) is 4.79 Å². The molecule has 0 aromatic carbocycles. The first-order valence-electron chi connectivity index (χ1n) is 8.85. The lowest BCUT2D eigenvalue weighted by atomic mass is 10.3. The van der Waals surface area contributed by atoms with E-state index in [0.29, 0.717) is 28.4 Å². The predicted octanol–water partition coefficient (Wildman–Crippen LogP) is 3.67. The fourth-order valence-corrected chi connectivity index (χ4v) is 3.90. The maximum atomic E-state index is 12.2. The van der Waals surface area contributed by atoms with Gasteiger partial charge in [0.15, 0.2) is 11.4 Å². The molecule has 1 aliphatic carbocycles. The minimum Gasteiger partial charge on any atom is -0.465 e. The third-order valence-electron chi connectivity index (χ3n) is 4.34. The zero-order valence-electron chi connectivity index (χ0n) is 15.4. The summed E-state index contributed by atoms with van der Waals surface area (Å²) in [6.45, 7) is 6.68. The highest BCUT2D eigenvalue weighted by molar-refractivity contribution is 7.78. The number of anilines is 1. The lowest BCUT2D eigenvalue weighted by Gasteiger charge is -2.15. The number of urea groups is 1. The van der Waals surface area contributed by atoms with E-state index in [4.69, 9.17) is 4.42 Å². The van der Waals surface area contributed by atoms with Crippen molar-refractivity contribution in [3.05, 3.63) is 30.5 Å². The van der Waals surface area contributed by atoms with Gasteiger partial charge in [0.25, 0.3) is 0 Å². The van der Waals surface area contributed by atoms with Crippen LogP contribution in [0.2, 0.25) is 19.6 Å². The number of amides is 2. The molecular weight excluding hydrogens is 378 g/mol. The van der Waals surface area contributed by atoms with Gasteiger partial charge in [-0.05, 0) is 37.1 Å². The Labute approximate surface area is 163 Å². The molecule has 0 radical (unpaired) electrons. The maximum absolute atomic E-state index is 12.2. The summed E-state index contributed by atoms with van der Waals surface area (Å²) in [6, 6.07) is 7.34. The van der Waals surface area contributed by atoms with E-state index in [0.717, 1.165) is 18.2 Å². The van der Waals surface area contributed by atoms with Crippen molar-refractivity contribution in [3.8, 4) is 11.5 Å². The van der Waals surface area contributed by atoms with Crippen LogP contribution in [0.25, 0.3) is 22.6 Å². The number of nitrogens with one attached hydrogen (secondary N) is 1. The SMILES string of the molecule is C[Si](C)(C)c1ccc(-c2cnc3ccc(NC(=O)N(S)C4CC4)nc3n2)o1. The molecule has 0 aliphatic heterocycles. The van der Waals surface area contributed by atoms with Crippen molar-refractivity contribution >= 4 is 49.3 Å². The summed E-state index contributed by atoms with van der Waals surface area (Å²) in [5.74, 6) is 1.09. The Morgan fingerprint density at radius 3 is 2.67 bits per heavy atom. The van der Waals surface area contributed by atoms with Crippen LogP contribution >= 0.6 is 12.8 Å². The summed E-state index contributed by atoms with van der Waals surface area (Å²) in [5.41, 5.74) is 1.73. The molecule has 0 atom stereocenters. The number of thiol groups is 1. The molecule has 27 heavy (non-hydrogen) atoms. The van der Waals surface area contributed by atoms with Crippen molar-refractivity contribution in [3.63, 3.8) is 0 Å². The number of rotatable bonds is 4. The van der Waals surface area contributed by atoms with Crippen molar-refractivity contribution in [1.29, 1.82) is 0 Å². The van der Waals surface area contributed by atoms with E-state index in [1.54, 1.807) is 18.3 Å². The maximum Gasteiger partial charge on any atom is 0.333 e. The third kappa shape index (κ3) is 3.84. The number of fused-ring (bicyclic) bond motifs is 1. The van der Waals surface area contributed by atoms with Gasteiger partial charge in [0, 0.05) is 6.04 Å². The summed E-state index contributed by atoms with van der Waals surface area (Å²) in [4.78, 5) is 25.6. The Bertz CT molecular complexity index is 1010. The monoisotopic (exact) mass is 399 g/mol. The number of nitrogens with zero attached hydrogens (tertiary/aromatic N) is 4. The molecule has 4 rings (SSSR count). The summed E-state index contributed by atoms with van der Waals surface area (Å²) in [5, 5.41) is 3.77. The first kappa shape index (κ1) is 18.0. The standard InChI is InChI=1S/C18H21N5O2SSi/c1-27(2,3)16-9-7-14(25-16)13-10-19-12-6-8-15(21-17(12)20-13)22-18(24)23(26)11-4-5-11/h6-11,26H,4-5H2,1-3H3,(H,20,21,22,24). The van der Waals surface area contributed by atoms with Gasteiger partial charge < -0.3 is 4.42 Å². The first-order valence-corrected chi connectivity index (χ1v) is 12.7. The number of carbonyl (C=O) groups is 1. The molecule has 0 spiro atoms. The molecule has 0 saturated heterocycles. The molecule has 3 aromatic heterocycles. The first-order chi connectivity index (χ1) is 12.8. The molecule has 1 fully saturated rings. The highest BCUT2D eigenvalue weighted by atomic mass is 32.1. The van der Waals surface area contributed by atoms with Gasteiger partial charge in [-0.15, -0.1) is 0 Å². The number of aromatic nitrogens is 3. The van der Waals surface area contributed by atoms with Crippen LogP contribution in [0.15, 0.2) is 34.9 Å². The van der Waals surface area contributed by atoms with Gasteiger partial charge in [-0.1, -0.05) is 32.5 Å². The van der Waals surface area contributed by atoms with E-state index >= 15 is 0 Å². The molecule has 3 heterocycles. The van der Waals surface area contributed by atoms with Crippen LogP contribution in [-0.4, -0.2) is 39.4 Å². The van der Waals surface area contributed by atoms with E-state index in [-0.39, 0.29) is 12.1 Å². The Kier molecular flexibility index (Phi) is 4.43. The average Bonchev–Trinajstić information content (AvgIpc) is 3.35. The van der Waals surface area contributed by atoms with Gasteiger partial charge in [-0.25, -0.2) is 14.8 Å². The van der Waals surface area contributed by atoms with E-state index in [1.807, 2.05) is 12.1 Å². The summed E-state index contributed by atoms with van der Waals surface area (Å²) in [7, 11) is -1.53. The Morgan fingerprint density at radius 1 is 1.22 bits per heavy atom. The van der Waals surface area contributed by atoms with Crippen LogP contribution in [0.5, 0.6) is 0 Å². The van der Waals surface area contributed by atoms with Crippen LogP contribution in [0.4, 0.5) is 10.6 Å².